The van der Waals surface area contributed by atoms with Gasteiger partial charge in [0.1, 0.15) is 11.5 Å². The largest absolute Gasteiger partial charge is 0.477 e. The van der Waals surface area contributed by atoms with E-state index in [4.69, 9.17) is 9.52 Å². The fraction of sp³-hybridized carbons (Fsp3) is 0.200. The maximum absolute atomic E-state index is 11.0. The fourth-order valence-corrected chi connectivity index (χ4v) is 1.42. The summed E-state index contributed by atoms with van der Waals surface area (Å²) in [5, 5.41) is 9.00. The normalized spacial score (nSPS) is 10.5. The van der Waals surface area contributed by atoms with Gasteiger partial charge in [-0.3, -0.25) is 0 Å². The molecule has 1 N–H and O–H groups in total. The number of imidazole rings is 1. The lowest BCUT2D eigenvalue weighted by atomic mass is 10.2. The molecule has 2 heterocycles. The summed E-state index contributed by atoms with van der Waals surface area (Å²) in [6, 6.07) is 3.49. The molecule has 0 aliphatic carbocycles. The van der Waals surface area contributed by atoms with Crippen LogP contribution in [0.1, 0.15) is 16.2 Å². The van der Waals surface area contributed by atoms with Crippen molar-refractivity contribution in [1.29, 1.82) is 0 Å². The van der Waals surface area contributed by atoms with Crippen molar-refractivity contribution in [3.05, 3.63) is 29.9 Å². The average molecular weight is 206 g/mol. The number of aromatic carboxylic acids is 1. The van der Waals surface area contributed by atoms with Crippen LogP contribution >= 0.6 is 0 Å². The highest BCUT2D eigenvalue weighted by atomic mass is 16.4. The Kier molecular flexibility index (Phi) is 2.07. The number of carbonyl (C=O) groups is 1. The Morgan fingerprint density at radius 2 is 2.27 bits per heavy atom. The molecule has 0 unspecified atom stereocenters. The van der Waals surface area contributed by atoms with Gasteiger partial charge in [0.05, 0.1) is 6.33 Å². The summed E-state index contributed by atoms with van der Waals surface area (Å²) < 4.78 is 6.79. The lowest BCUT2D eigenvalue weighted by Crippen LogP contribution is -2.05. The number of hydrogen-bond donors (Lipinski definition) is 1. The molecule has 2 aromatic rings. The van der Waals surface area contributed by atoms with E-state index in [0.29, 0.717) is 11.5 Å². The molecule has 0 bridgehead atoms. The van der Waals surface area contributed by atoms with Crippen molar-refractivity contribution in [3.63, 3.8) is 0 Å². The summed E-state index contributed by atoms with van der Waals surface area (Å²) in [7, 11) is 1.63. The van der Waals surface area contributed by atoms with E-state index < -0.39 is 5.97 Å². The second-order valence-electron chi connectivity index (χ2n) is 3.27. The molecule has 0 radical (unpaired) electrons. The third-order valence-corrected chi connectivity index (χ3v) is 2.11. The number of nitrogens with zero attached hydrogens (tertiary/aromatic N) is 2. The van der Waals surface area contributed by atoms with Crippen LogP contribution in [-0.4, -0.2) is 20.6 Å². The molecule has 0 amide bonds. The number of carboxylic acid groups (broad SMARTS) is 1. The zero-order chi connectivity index (χ0) is 11.0. The molecule has 0 spiro atoms. The fourth-order valence-electron chi connectivity index (χ4n) is 1.42. The maximum atomic E-state index is 11.0. The van der Waals surface area contributed by atoms with E-state index in [2.05, 4.69) is 4.98 Å². The van der Waals surface area contributed by atoms with Crippen molar-refractivity contribution in [2.24, 2.45) is 7.05 Å². The summed E-state index contributed by atoms with van der Waals surface area (Å²) in [5.41, 5.74) is 0.488. The predicted molar refractivity (Wildman–Crippen MR) is 52.6 cm³/mol. The second kappa shape index (κ2) is 3.27. The van der Waals surface area contributed by atoms with Gasteiger partial charge in [-0.15, -0.1) is 0 Å². The third kappa shape index (κ3) is 1.52. The number of aryl methyl sites for hydroxylation is 2. The number of aromatic nitrogens is 2. The van der Waals surface area contributed by atoms with Crippen molar-refractivity contribution >= 4 is 5.97 Å². The van der Waals surface area contributed by atoms with Gasteiger partial charge in [0, 0.05) is 7.05 Å². The first-order valence-electron chi connectivity index (χ1n) is 4.41. The molecule has 0 saturated carbocycles. The molecule has 0 saturated heterocycles. The first kappa shape index (κ1) is 9.51. The van der Waals surface area contributed by atoms with Gasteiger partial charge in [-0.1, -0.05) is 0 Å². The van der Waals surface area contributed by atoms with Crippen molar-refractivity contribution in [1.82, 2.24) is 9.55 Å². The highest BCUT2D eigenvalue weighted by Crippen LogP contribution is 2.23. The molecule has 0 fully saturated rings. The van der Waals surface area contributed by atoms with E-state index in [0.717, 1.165) is 5.76 Å². The van der Waals surface area contributed by atoms with Gasteiger partial charge in [-0.25, -0.2) is 9.78 Å². The third-order valence-electron chi connectivity index (χ3n) is 2.11. The molecule has 2 aromatic heterocycles. The Morgan fingerprint density at radius 3 is 2.80 bits per heavy atom. The van der Waals surface area contributed by atoms with Gasteiger partial charge in [-0.2, -0.15) is 0 Å². The topological polar surface area (TPSA) is 68.3 Å². The first-order chi connectivity index (χ1) is 7.09. The van der Waals surface area contributed by atoms with Gasteiger partial charge < -0.3 is 14.1 Å². The Morgan fingerprint density at radius 1 is 1.53 bits per heavy atom. The van der Waals surface area contributed by atoms with E-state index in [9.17, 15) is 4.79 Å². The van der Waals surface area contributed by atoms with Gasteiger partial charge in [0.2, 0.25) is 0 Å². The van der Waals surface area contributed by atoms with Crippen LogP contribution in [0.4, 0.5) is 0 Å². The molecule has 0 aliphatic rings. The first-order valence-corrected chi connectivity index (χ1v) is 4.41. The van der Waals surface area contributed by atoms with Crippen LogP contribution in [0.2, 0.25) is 0 Å². The van der Waals surface area contributed by atoms with Crippen molar-refractivity contribution in [2.45, 2.75) is 6.92 Å². The Bertz CT molecular complexity index is 510. The van der Waals surface area contributed by atoms with Crippen LogP contribution in [0.25, 0.3) is 11.5 Å². The minimum atomic E-state index is -1.01. The Hall–Kier alpha value is -2.04. The number of rotatable bonds is 2. The van der Waals surface area contributed by atoms with Crippen LogP contribution in [0.3, 0.4) is 0 Å². The van der Waals surface area contributed by atoms with Crippen LogP contribution < -0.4 is 0 Å². The second-order valence-corrected chi connectivity index (χ2v) is 3.27. The SMILES string of the molecule is Cc1ccc(-c2ncn(C)c2C(=O)O)o1. The molecule has 5 heteroatoms. The number of carboxylic acids is 1. The van der Waals surface area contributed by atoms with E-state index in [1.807, 2.05) is 0 Å². The molecule has 78 valence electrons. The van der Waals surface area contributed by atoms with Gasteiger partial charge in [-0.05, 0) is 19.1 Å². The highest BCUT2D eigenvalue weighted by molar-refractivity contribution is 5.92. The van der Waals surface area contributed by atoms with Crippen LogP contribution in [-0.2, 0) is 7.05 Å². The molecular weight excluding hydrogens is 196 g/mol. The zero-order valence-corrected chi connectivity index (χ0v) is 8.39. The highest BCUT2D eigenvalue weighted by Gasteiger charge is 2.19. The van der Waals surface area contributed by atoms with E-state index in [1.54, 1.807) is 26.1 Å². The van der Waals surface area contributed by atoms with Crippen LogP contribution in [0.5, 0.6) is 0 Å². The predicted octanol–water partition coefficient (Wildman–Crippen LogP) is 1.69. The Labute approximate surface area is 86.0 Å². The summed E-state index contributed by atoms with van der Waals surface area (Å²) >= 11 is 0. The summed E-state index contributed by atoms with van der Waals surface area (Å²) in [5.74, 6) is 0.191. The standard InChI is InChI=1S/C10H10N2O3/c1-6-3-4-7(15-6)8-9(10(13)14)12(2)5-11-8/h3-5H,1-2H3,(H,13,14). The quantitative estimate of drug-likeness (QED) is 0.811. The van der Waals surface area contributed by atoms with E-state index >= 15 is 0 Å². The summed E-state index contributed by atoms with van der Waals surface area (Å²) in [6.45, 7) is 1.80. The van der Waals surface area contributed by atoms with Crippen molar-refractivity contribution in [3.8, 4) is 11.5 Å². The molecular formula is C10H10N2O3. The monoisotopic (exact) mass is 206 g/mol. The lowest BCUT2D eigenvalue weighted by Gasteiger charge is -1.97. The summed E-state index contributed by atoms with van der Waals surface area (Å²) in [6.07, 6.45) is 1.46. The minimum absolute atomic E-state index is 0.129. The number of hydrogen-bond acceptors (Lipinski definition) is 3. The van der Waals surface area contributed by atoms with Crippen LogP contribution in [0.15, 0.2) is 22.9 Å². The van der Waals surface area contributed by atoms with Crippen molar-refractivity contribution in [2.75, 3.05) is 0 Å². The maximum Gasteiger partial charge on any atom is 0.354 e. The average Bonchev–Trinajstić information content (AvgIpc) is 2.71. The molecule has 0 aliphatic heterocycles. The summed E-state index contributed by atoms with van der Waals surface area (Å²) in [4.78, 5) is 15.0. The van der Waals surface area contributed by atoms with Crippen molar-refractivity contribution < 1.29 is 14.3 Å². The molecule has 0 atom stereocenters. The Balaban J connectivity index is 2.58. The van der Waals surface area contributed by atoms with Crippen LogP contribution in [0, 0.1) is 6.92 Å². The molecule has 15 heavy (non-hydrogen) atoms. The van der Waals surface area contributed by atoms with Gasteiger partial charge in [0.15, 0.2) is 11.5 Å². The van der Waals surface area contributed by atoms with E-state index in [1.165, 1.54) is 10.9 Å². The zero-order valence-electron chi connectivity index (χ0n) is 8.39. The smallest absolute Gasteiger partial charge is 0.354 e. The molecule has 5 nitrogen and oxygen atoms in total. The van der Waals surface area contributed by atoms with Gasteiger partial charge >= 0.3 is 5.97 Å². The molecule has 2 rings (SSSR count). The van der Waals surface area contributed by atoms with Gasteiger partial charge in [0.25, 0.3) is 0 Å². The molecule has 0 aromatic carbocycles. The minimum Gasteiger partial charge on any atom is -0.477 e. The lowest BCUT2D eigenvalue weighted by molar-refractivity contribution is 0.0687. The number of furan rings is 1. The van der Waals surface area contributed by atoms with E-state index in [-0.39, 0.29) is 5.69 Å².